The Hall–Kier alpha value is -2.77. The third-order valence-corrected chi connectivity index (χ3v) is 6.78. The zero-order valence-electron chi connectivity index (χ0n) is 16.3. The van der Waals surface area contributed by atoms with Crippen molar-refractivity contribution in [3.8, 4) is 5.75 Å². The van der Waals surface area contributed by atoms with E-state index in [-0.39, 0.29) is 16.3 Å². The van der Waals surface area contributed by atoms with Crippen LogP contribution in [0.1, 0.15) is 11.3 Å². The molecule has 0 saturated heterocycles. The first kappa shape index (κ1) is 22.4. The summed E-state index contributed by atoms with van der Waals surface area (Å²) in [7, 11) is -4.00. The van der Waals surface area contributed by atoms with Gasteiger partial charge < -0.3 is 4.74 Å². The number of benzene rings is 3. The molecule has 0 spiro atoms. The van der Waals surface area contributed by atoms with Gasteiger partial charge in [-0.15, -0.1) is 4.09 Å². The molecule has 0 fully saturated rings. The van der Waals surface area contributed by atoms with Gasteiger partial charge in [0.2, 0.25) is 0 Å². The molecule has 9 heteroatoms. The Labute approximate surface area is 200 Å². The van der Waals surface area contributed by atoms with Crippen molar-refractivity contribution in [1.29, 1.82) is 0 Å². The minimum atomic E-state index is -4.00. The van der Waals surface area contributed by atoms with Crippen molar-refractivity contribution in [3.05, 3.63) is 111 Å². The average molecular weight is 506 g/mol. The van der Waals surface area contributed by atoms with Gasteiger partial charge in [0, 0.05) is 15.1 Å². The first-order valence-electron chi connectivity index (χ1n) is 9.29. The van der Waals surface area contributed by atoms with E-state index in [9.17, 15) is 8.42 Å². The maximum absolute atomic E-state index is 13.3. The van der Waals surface area contributed by atoms with Crippen LogP contribution < -0.4 is 4.74 Å². The molecule has 0 atom stereocenters. The smallest absolute Gasteiger partial charge is 0.283 e. The minimum Gasteiger partial charge on any atom is -0.455 e. The van der Waals surface area contributed by atoms with Crippen LogP contribution in [0.25, 0.3) is 11.8 Å². The first-order chi connectivity index (χ1) is 15.3. The topological polar surface area (TPSA) is 61.2 Å². The SMILES string of the molecule is O=S(=O)(c1ccc(Cl)cc1)n1nccc1C(=Cc1ccc(Cl)cc1)Oc1ccc(Cl)cc1. The molecule has 1 aromatic heterocycles. The average Bonchev–Trinajstić information content (AvgIpc) is 3.27. The molecule has 0 aliphatic carbocycles. The van der Waals surface area contributed by atoms with Crippen LogP contribution in [0, 0.1) is 0 Å². The van der Waals surface area contributed by atoms with E-state index in [1.165, 1.54) is 30.5 Å². The molecule has 0 aliphatic heterocycles. The fraction of sp³-hybridized carbons (Fsp3) is 0. The van der Waals surface area contributed by atoms with Crippen LogP contribution in [0.5, 0.6) is 5.75 Å². The highest BCUT2D eigenvalue weighted by Gasteiger charge is 2.24. The van der Waals surface area contributed by atoms with E-state index in [1.54, 1.807) is 60.7 Å². The van der Waals surface area contributed by atoms with Gasteiger partial charge in [-0.2, -0.15) is 13.5 Å². The second-order valence-electron chi connectivity index (χ2n) is 6.63. The molecule has 0 aliphatic rings. The van der Waals surface area contributed by atoms with E-state index in [4.69, 9.17) is 39.5 Å². The molecule has 32 heavy (non-hydrogen) atoms. The standard InChI is InChI=1S/C23H15Cl3N2O3S/c24-17-3-1-16(2-4-17)15-23(31-20-9-5-18(25)6-10-20)22-13-14-27-28(22)32(29,30)21-11-7-19(26)8-12-21/h1-15H. The molecule has 4 aromatic rings. The molecule has 0 saturated carbocycles. The van der Waals surface area contributed by atoms with Crippen LogP contribution in [-0.4, -0.2) is 17.6 Å². The van der Waals surface area contributed by atoms with Crippen molar-refractivity contribution in [2.75, 3.05) is 0 Å². The molecule has 0 radical (unpaired) electrons. The normalized spacial score (nSPS) is 12.0. The highest BCUT2D eigenvalue weighted by molar-refractivity contribution is 7.89. The number of nitrogens with zero attached hydrogens (tertiary/aromatic N) is 2. The fourth-order valence-electron chi connectivity index (χ4n) is 2.86. The van der Waals surface area contributed by atoms with Crippen molar-refractivity contribution in [3.63, 3.8) is 0 Å². The minimum absolute atomic E-state index is 0.0455. The van der Waals surface area contributed by atoms with Gasteiger partial charge in [0.15, 0.2) is 5.76 Å². The van der Waals surface area contributed by atoms with Crippen molar-refractivity contribution in [1.82, 2.24) is 9.19 Å². The fourth-order valence-corrected chi connectivity index (χ4v) is 4.51. The van der Waals surface area contributed by atoms with Crippen LogP contribution in [0.4, 0.5) is 0 Å². The summed E-state index contributed by atoms with van der Waals surface area (Å²) in [6.07, 6.45) is 3.10. The summed E-state index contributed by atoms with van der Waals surface area (Å²) in [5.74, 6) is 0.746. The molecule has 0 N–H and O–H groups in total. The lowest BCUT2D eigenvalue weighted by atomic mass is 10.2. The highest BCUT2D eigenvalue weighted by Crippen LogP contribution is 2.27. The van der Waals surface area contributed by atoms with Gasteiger partial charge in [-0.05, 0) is 78.4 Å². The van der Waals surface area contributed by atoms with Crippen LogP contribution in [0.15, 0.2) is 90.0 Å². The Kier molecular flexibility index (Phi) is 6.58. The molecule has 0 bridgehead atoms. The van der Waals surface area contributed by atoms with Crippen LogP contribution in [0.2, 0.25) is 15.1 Å². The molecule has 162 valence electrons. The summed E-state index contributed by atoms with van der Waals surface area (Å²) < 4.78 is 33.5. The quantitative estimate of drug-likeness (QED) is 0.275. The number of rotatable bonds is 6. The Morgan fingerprint density at radius 2 is 1.31 bits per heavy atom. The largest absolute Gasteiger partial charge is 0.455 e. The third-order valence-electron chi connectivity index (χ3n) is 4.41. The van der Waals surface area contributed by atoms with Gasteiger partial charge in [-0.3, -0.25) is 0 Å². The molecule has 0 amide bonds. The molecule has 1 heterocycles. The summed E-state index contributed by atoms with van der Waals surface area (Å²) in [6, 6.07) is 21.2. The second kappa shape index (κ2) is 9.38. The first-order valence-corrected chi connectivity index (χ1v) is 11.9. The molecule has 3 aromatic carbocycles. The maximum atomic E-state index is 13.3. The van der Waals surface area contributed by atoms with E-state index in [1.807, 2.05) is 0 Å². The third kappa shape index (κ3) is 5.00. The predicted octanol–water partition coefficient (Wildman–Crippen LogP) is 6.66. The van der Waals surface area contributed by atoms with Crippen molar-refractivity contribution < 1.29 is 13.2 Å². The summed E-state index contributed by atoms with van der Waals surface area (Å²) >= 11 is 17.9. The number of hydrogen-bond donors (Lipinski definition) is 0. The monoisotopic (exact) mass is 504 g/mol. The lowest BCUT2D eigenvalue weighted by Crippen LogP contribution is -2.18. The lowest BCUT2D eigenvalue weighted by molar-refractivity contribution is 0.511. The van der Waals surface area contributed by atoms with Gasteiger partial charge >= 0.3 is 0 Å². The lowest BCUT2D eigenvalue weighted by Gasteiger charge is -2.13. The van der Waals surface area contributed by atoms with Gasteiger partial charge in [0.05, 0.1) is 11.1 Å². The van der Waals surface area contributed by atoms with Crippen molar-refractivity contribution in [2.24, 2.45) is 0 Å². The maximum Gasteiger partial charge on any atom is 0.283 e. The van der Waals surface area contributed by atoms with Crippen molar-refractivity contribution >= 4 is 56.7 Å². The number of aromatic nitrogens is 2. The highest BCUT2D eigenvalue weighted by atomic mass is 35.5. The zero-order valence-corrected chi connectivity index (χ0v) is 19.4. The Morgan fingerprint density at radius 3 is 1.91 bits per heavy atom. The molecule has 5 nitrogen and oxygen atoms in total. The van der Waals surface area contributed by atoms with Crippen LogP contribution in [0.3, 0.4) is 0 Å². The van der Waals surface area contributed by atoms with Gasteiger partial charge in [-0.25, -0.2) is 0 Å². The number of ether oxygens (including phenoxy) is 1. The van der Waals surface area contributed by atoms with Gasteiger partial charge in [0.25, 0.3) is 10.0 Å². The van der Waals surface area contributed by atoms with Crippen LogP contribution in [-0.2, 0) is 10.0 Å². The Balaban J connectivity index is 1.82. The zero-order chi connectivity index (χ0) is 22.7. The molecular formula is C23H15Cl3N2O3S. The van der Waals surface area contributed by atoms with E-state index in [0.717, 1.165) is 9.65 Å². The predicted molar refractivity (Wildman–Crippen MR) is 128 cm³/mol. The Morgan fingerprint density at radius 1 is 0.781 bits per heavy atom. The van der Waals surface area contributed by atoms with E-state index in [0.29, 0.717) is 20.8 Å². The summed E-state index contributed by atoms with van der Waals surface area (Å²) in [4.78, 5) is 0.0455. The summed E-state index contributed by atoms with van der Waals surface area (Å²) in [5, 5.41) is 5.61. The van der Waals surface area contributed by atoms with E-state index >= 15 is 0 Å². The van der Waals surface area contributed by atoms with Crippen molar-refractivity contribution in [2.45, 2.75) is 4.90 Å². The van der Waals surface area contributed by atoms with Gasteiger partial charge in [-0.1, -0.05) is 46.9 Å². The molecule has 0 unspecified atom stereocenters. The molecular weight excluding hydrogens is 491 g/mol. The second-order valence-corrected chi connectivity index (χ2v) is 9.71. The van der Waals surface area contributed by atoms with Crippen LogP contribution >= 0.6 is 34.8 Å². The molecule has 4 rings (SSSR count). The number of halogens is 3. The van der Waals surface area contributed by atoms with E-state index < -0.39 is 10.0 Å². The van der Waals surface area contributed by atoms with E-state index in [2.05, 4.69) is 5.10 Å². The Bertz CT molecular complexity index is 1360. The van der Waals surface area contributed by atoms with Gasteiger partial charge in [0.1, 0.15) is 11.4 Å². The summed E-state index contributed by atoms with van der Waals surface area (Å²) in [5.41, 5.74) is 1.000. The summed E-state index contributed by atoms with van der Waals surface area (Å²) in [6.45, 7) is 0. The number of hydrogen-bond acceptors (Lipinski definition) is 4.